The van der Waals surface area contributed by atoms with E-state index in [0.29, 0.717) is 25.7 Å². The molecule has 0 aromatic heterocycles. The van der Waals surface area contributed by atoms with Crippen LogP contribution in [0.5, 0.6) is 0 Å². The van der Waals surface area contributed by atoms with E-state index in [2.05, 4.69) is 40.7 Å². The van der Waals surface area contributed by atoms with Gasteiger partial charge in [-0.25, -0.2) is 0 Å². The average Bonchev–Trinajstić information content (AvgIpc) is 3.49. The summed E-state index contributed by atoms with van der Waals surface area (Å²) >= 11 is 0. The molecule has 2 saturated heterocycles. The van der Waals surface area contributed by atoms with Crippen LogP contribution in [-0.4, -0.2) is 138 Å². The highest BCUT2D eigenvalue weighted by atomic mass is 16.7. The molecule has 21 atom stereocenters. The molecular weight excluding hydrogens is 712 g/mol. The first-order valence-electron chi connectivity index (χ1n) is 20.8. The first kappa shape index (κ1) is 43.8. The van der Waals surface area contributed by atoms with Crippen LogP contribution in [0, 0.1) is 45.3 Å². The van der Waals surface area contributed by atoms with E-state index in [0.717, 1.165) is 31.3 Å². The number of fused-ring (bicyclic) bond motifs is 5. The van der Waals surface area contributed by atoms with Crippen molar-refractivity contribution in [2.75, 3.05) is 6.61 Å². The van der Waals surface area contributed by atoms with E-state index in [9.17, 15) is 46.0 Å². The maximum absolute atomic E-state index is 12.4. The lowest BCUT2D eigenvalue weighted by Crippen LogP contribution is -2.68. The number of aliphatic hydroxyl groups is 9. The number of hydrogen-bond donors (Lipinski definition) is 9. The van der Waals surface area contributed by atoms with Crippen molar-refractivity contribution in [1.82, 2.24) is 0 Å². The zero-order valence-electron chi connectivity index (χ0n) is 34.4. The van der Waals surface area contributed by atoms with Gasteiger partial charge in [-0.05, 0) is 124 Å². The molecule has 6 rings (SSSR count). The zero-order valence-corrected chi connectivity index (χ0v) is 34.4. The van der Waals surface area contributed by atoms with Crippen LogP contribution in [0.15, 0.2) is 11.6 Å². The Morgan fingerprint density at radius 2 is 1.36 bits per heavy atom. The van der Waals surface area contributed by atoms with Crippen LogP contribution >= 0.6 is 0 Å². The summed E-state index contributed by atoms with van der Waals surface area (Å²) in [5, 5.41) is 99.0. The van der Waals surface area contributed by atoms with Crippen LogP contribution in [-0.2, 0) is 18.9 Å². The first-order chi connectivity index (χ1) is 25.4. The summed E-state index contributed by atoms with van der Waals surface area (Å²) in [4.78, 5) is 0. The highest BCUT2D eigenvalue weighted by molar-refractivity contribution is 5.21. The molecule has 0 spiro atoms. The Morgan fingerprint density at radius 3 is 2.02 bits per heavy atom. The molecule has 0 bridgehead atoms. The van der Waals surface area contributed by atoms with Crippen molar-refractivity contribution in [3.05, 3.63) is 11.6 Å². The third-order valence-corrected chi connectivity index (χ3v) is 16.6. The Labute approximate surface area is 327 Å². The van der Waals surface area contributed by atoms with Gasteiger partial charge in [0.05, 0.1) is 36.6 Å². The third kappa shape index (κ3) is 7.10. The van der Waals surface area contributed by atoms with E-state index in [1.807, 2.05) is 20.8 Å². The van der Waals surface area contributed by atoms with E-state index in [-0.39, 0.29) is 46.5 Å². The lowest BCUT2D eigenvalue weighted by atomic mass is 9.35. The molecular formula is C42H72O13. The first-order valence-corrected chi connectivity index (χ1v) is 20.8. The van der Waals surface area contributed by atoms with E-state index >= 15 is 0 Å². The SMILES string of the molecule is CC(C)=CCC[C@](C)(O[C@@H]1O[C@H](CO[C@@H]2O[C@@H](C)[C@H](O)[C@@H](O)[C@H]2O)[C@@H](O)[C@H](O)[C@H]1O)[C@H]1CC[C@]2(C)[C@H]1[C@H](O)C[C@@H]1[C@@]3(C)C[C@@H](O)[C@H](O)C(C)(C)[C@@H]3CC[C@]12C. The molecule has 2 heterocycles. The molecule has 0 amide bonds. The monoisotopic (exact) mass is 784 g/mol. The molecule has 0 unspecified atom stereocenters. The summed E-state index contributed by atoms with van der Waals surface area (Å²) in [6, 6.07) is 0. The topological polar surface area (TPSA) is 219 Å². The standard InChI is InChI=1S/C42H72O13/c1-20(2)11-10-14-42(9,55-37-34(50)32(48)30(46)25(54-37)19-52-36-33(49)31(47)29(45)21(3)53-36)22-12-15-41(8)28(22)23(43)17-27-39(6)18-24(44)35(51)38(4,5)26(39)13-16-40(27,41)7/h11,21-37,43-51H,10,12-19H2,1-9H3/t21-,22-,23+,24+,25+,26-,27+,28+,29-,30+,31+,32-,33+,34+,35-,36+,37-,39-,40+,41+,42-/m0/s1. The van der Waals surface area contributed by atoms with Crippen LogP contribution in [0.25, 0.3) is 0 Å². The van der Waals surface area contributed by atoms with E-state index in [1.54, 1.807) is 0 Å². The molecule has 13 heteroatoms. The summed E-state index contributed by atoms with van der Waals surface area (Å²) in [5.74, 6) is -0.0173. The number of ether oxygens (including phenoxy) is 4. The fourth-order valence-electron chi connectivity index (χ4n) is 13.3. The van der Waals surface area contributed by atoms with Gasteiger partial charge in [-0.15, -0.1) is 0 Å². The quantitative estimate of drug-likeness (QED) is 0.153. The highest BCUT2D eigenvalue weighted by Crippen LogP contribution is 2.76. The summed E-state index contributed by atoms with van der Waals surface area (Å²) in [6.45, 7) is 18.3. The zero-order chi connectivity index (χ0) is 40.8. The van der Waals surface area contributed by atoms with Gasteiger partial charge < -0.3 is 64.9 Å². The fourth-order valence-corrected chi connectivity index (χ4v) is 13.3. The van der Waals surface area contributed by atoms with Gasteiger partial charge in [-0.1, -0.05) is 46.3 Å². The highest BCUT2D eigenvalue weighted by Gasteiger charge is 2.72. The van der Waals surface area contributed by atoms with Crippen molar-refractivity contribution in [3.63, 3.8) is 0 Å². The van der Waals surface area contributed by atoms with Crippen LogP contribution in [0.2, 0.25) is 0 Å². The van der Waals surface area contributed by atoms with Crippen molar-refractivity contribution in [2.24, 2.45) is 45.3 Å². The number of rotatable bonds is 9. The molecule has 318 valence electrons. The summed E-state index contributed by atoms with van der Waals surface area (Å²) in [6.07, 6.45) is -8.51. The van der Waals surface area contributed by atoms with Crippen LogP contribution in [0.3, 0.4) is 0 Å². The van der Waals surface area contributed by atoms with Gasteiger partial charge in [0.1, 0.15) is 42.7 Å². The Kier molecular flexibility index (Phi) is 12.2. The van der Waals surface area contributed by atoms with E-state index in [4.69, 9.17) is 18.9 Å². The lowest BCUT2D eigenvalue weighted by molar-refractivity contribution is -0.348. The molecule has 0 aromatic carbocycles. The number of allylic oxidation sites excluding steroid dienone is 2. The average molecular weight is 785 g/mol. The van der Waals surface area contributed by atoms with Crippen molar-refractivity contribution in [2.45, 2.75) is 199 Å². The van der Waals surface area contributed by atoms with Gasteiger partial charge in [-0.3, -0.25) is 0 Å². The van der Waals surface area contributed by atoms with Gasteiger partial charge >= 0.3 is 0 Å². The van der Waals surface area contributed by atoms with Crippen LogP contribution in [0.1, 0.15) is 114 Å². The van der Waals surface area contributed by atoms with Crippen molar-refractivity contribution >= 4 is 0 Å². The molecule has 0 radical (unpaired) electrons. The Bertz CT molecular complexity index is 1390. The van der Waals surface area contributed by atoms with E-state index in [1.165, 1.54) is 6.92 Å². The predicted octanol–water partition coefficient (Wildman–Crippen LogP) is 2.15. The van der Waals surface area contributed by atoms with Crippen LogP contribution < -0.4 is 0 Å². The van der Waals surface area contributed by atoms with Gasteiger partial charge in [0.15, 0.2) is 12.6 Å². The summed E-state index contributed by atoms with van der Waals surface area (Å²) in [5.41, 5.74) is -1.04. The number of aliphatic hydroxyl groups excluding tert-OH is 9. The molecule has 9 N–H and O–H groups in total. The Balaban J connectivity index is 1.27. The van der Waals surface area contributed by atoms with Gasteiger partial charge in [0.25, 0.3) is 0 Å². The van der Waals surface area contributed by atoms with Crippen molar-refractivity contribution in [1.29, 1.82) is 0 Å². The second-order valence-electron chi connectivity index (χ2n) is 20.3. The van der Waals surface area contributed by atoms with Gasteiger partial charge in [0, 0.05) is 0 Å². The molecule has 4 saturated carbocycles. The number of hydrogen-bond acceptors (Lipinski definition) is 13. The molecule has 4 aliphatic carbocycles. The Morgan fingerprint density at radius 1 is 0.745 bits per heavy atom. The van der Waals surface area contributed by atoms with E-state index < -0.39 is 90.7 Å². The predicted molar refractivity (Wildman–Crippen MR) is 201 cm³/mol. The maximum atomic E-state index is 12.4. The summed E-state index contributed by atoms with van der Waals surface area (Å²) in [7, 11) is 0. The summed E-state index contributed by atoms with van der Waals surface area (Å²) < 4.78 is 24.4. The Hall–Kier alpha value is -0.780. The molecule has 0 aromatic rings. The molecule has 6 fully saturated rings. The second kappa shape index (κ2) is 15.4. The molecule has 13 nitrogen and oxygen atoms in total. The maximum Gasteiger partial charge on any atom is 0.187 e. The van der Waals surface area contributed by atoms with Crippen LogP contribution in [0.4, 0.5) is 0 Å². The minimum atomic E-state index is -1.66. The van der Waals surface area contributed by atoms with Gasteiger partial charge in [0.2, 0.25) is 0 Å². The van der Waals surface area contributed by atoms with Crippen molar-refractivity contribution in [3.8, 4) is 0 Å². The third-order valence-electron chi connectivity index (χ3n) is 16.6. The second-order valence-corrected chi connectivity index (χ2v) is 20.3. The minimum absolute atomic E-state index is 0.118. The van der Waals surface area contributed by atoms with Gasteiger partial charge in [-0.2, -0.15) is 0 Å². The smallest absolute Gasteiger partial charge is 0.187 e. The minimum Gasteiger partial charge on any atom is -0.393 e. The fraction of sp³-hybridized carbons (Fsp3) is 0.952. The largest absolute Gasteiger partial charge is 0.393 e. The lowest BCUT2D eigenvalue weighted by Gasteiger charge is -2.71. The molecule has 2 aliphatic heterocycles. The van der Waals surface area contributed by atoms with Crippen molar-refractivity contribution < 1.29 is 64.9 Å². The molecule has 6 aliphatic rings. The normalized spacial score (nSPS) is 53.4. The molecule has 55 heavy (non-hydrogen) atoms.